The molecule has 60 heavy (non-hydrogen) atoms. The zero-order chi connectivity index (χ0) is 39.6. The Labute approximate surface area is 352 Å². The second-order valence-corrected chi connectivity index (χ2v) is 16.7. The van der Waals surface area contributed by atoms with Crippen molar-refractivity contribution in [2.24, 2.45) is 0 Å². The summed E-state index contributed by atoms with van der Waals surface area (Å²) in [4.78, 5) is 2.51. The van der Waals surface area contributed by atoms with Crippen molar-refractivity contribution in [3.8, 4) is 33.4 Å². The molecule has 1 nitrogen and oxygen atoms in total. The topological polar surface area (TPSA) is 3.24 Å². The summed E-state index contributed by atoms with van der Waals surface area (Å²) in [5.74, 6) is 0. The molecule has 0 bridgehead atoms. The second kappa shape index (κ2) is 14.1. The first-order valence-electron chi connectivity index (χ1n) is 20.6. The molecular weight excluding hydrogens is 743 g/mol. The Hall–Kier alpha value is -7.52. The lowest BCUT2D eigenvalue weighted by Gasteiger charge is -2.29. The van der Waals surface area contributed by atoms with Crippen LogP contribution >= 0.6 is 11.3 Å². The zero-order valence-corrected chi connectivity index (χ0v) is 33.5. The van der Waals surface area contributed by atoms with Gasteiger partial charge in [0.2, 0.25) is 0 Å². The van der Waals surface area contributed by atoms with Gasteiger partial charge in [-0.2, -0.15) is 0 Å². The summed E-state index contributed by atoms with van der Waals surface area (Å²) in [7, 11) is 0. The summed E-state index contributed by atoms with van der Waals surface area (Å²) >= 11 is 1.89. The Balaban J connectivity index is 1.10. The number of rotatable bonds is 6. The predicted molar refractivity (Wildman–Crippen MR) is 260 cm³/mol. The number of hydrogen-bond donors (Lipinski definition) is 0. The summed E-state index contributed by atoms with van der Waals surface area (Å²) in [5.41, 5.74) is 10.7. The standard InChI is InChI=1S/C58H37NS/c1-2-13-38(14-3-1)39-25-27-40(28-26-39)41-29-32-46(33-30-41)59(54-23-12-24-56-57(54)52-34-31-42-15-4-9-20-49(42)58(52)60-56)55-37-45(35-43-16-6-8-19-48(43)55)53-36-44-17-5-7-18-47(44)50-21-10-11-22-51(50)53/h1-37H. The van der Waals surface area contributed by atoms with Gasteiger partial charge in [-0.15, -0.1) is 11.3 Å². The van der Waals surface area contributed by atoms with Gasteiger partial charge < -0.3 is 4.90 Å². The van der Waals surface area contributed by atoms with E-state index in [0.29, 0.717) is 0 Å². The maximum Gasteiger partial charge on any atom is 0.0555 e. The minimum absolute atomic E-state index is 1.11. The number of fused-ring (bicyclic) bond motifs is 9. The average Bonchev–Trinajstić information content (AvgIpc) is 3.72. The number of benzene rings is 11. The third kappa shape index (κ3) is 5.68. The highest BCUT2D eigenvalue weighted by Crippen LogP contribution is 2.49. The molecule has 1 heterocycles. The first-order valence-corrected chi connectivity index (χ1v) is 21.4. The molecule has 0 N–H and O–H groups in total. The third-order valence-electron chi connectivity index (χ3n) is 12.2. The van der Waals surface area contributed by atoms with Crippen LogP contribution in [0.5, 0.6) is 0 Å². The van der Waals surface area contributed by atoms with Crippen molar-refractivity contribution in [2.45, 2.75) is 0 Å². The van der Waals surface area contributed by atoms with E-state index in [-0.39, 0.29) is 0 Å². The highest BCUT2D eigenvalue weighted by molar-refractivity contribution is 7.26. The van der Waals surface area contributed by atoms with E-state index >= 15 is 0 Å². The number of nitrogens with zero attached hydrogens (tertiary/aromatic N) is 1. The molecule has 0 aliphatic heterocycles. The van der Waals surface area contributed by atoms with E-state index in [1.165, 1.54) is 102 Å². The summed E-state index contributed by atoms with van der Waals surface area (Å²) in [5, 5.41) is 12.6. The molecule has 0 saturated heterocycles. The van der Waals surface area contributed by atoms with Crippen LogP contribution < -0.4 is 4.90 Å². The van der Waals surface area contributed by atoms with Crippen LogP contribution in [0.2, 0.25) is 0 Å². The minimum Gasteiger partial charge on any atom is -0.309 e. The first kappa shape index (κ1) is 34.5. The van der Waals surface area contributed by atoms with E-state index in [0.717, 1.165) is 11.4 Å². The SMILES string of the molecule is c1ccc(-c2ccc(-c3ccc(N(c4cc(-c5cc6ccccc6c6ccccc56)cc5ccccc45)c4cccc5sc6c7ccccc7ccc6c45)cc3)cc2)cc1. The molecule has 280 valence electrons. The number of anilines is 3. The summed E-state index contributed by atoms with van der Waals surface area (Å²) in [6, 6.07) is 82.6. The van der Waals surface area contributed by atoms with Crippen LogP contribution in [0.3, 0.4) is 0 Å². The van der Waals surface area contributed by atoms with Crippen molar-refractivity contribution in [1.29, 1.82) is 0 Å². The predicted octanol–water partition coefficient (Wildman–Crippen LogP) is 17.1. The fourth-order valence-corrected chi connectivity index (χ4v) is 10.6. The first-order chi connectivity index (χ1) is 29.7. The van der Waals surface area contributed by atoms with Crippen molar-refractivity contribution in [1.82, 2.24) is 0 Å². The number of hydrogen-bond acceptors (Lipinski definition) is 2. The van der Waals surface area contributed by atoms with E-state index in [1.807, 2.05) is 11.3 Å². The van der Waals surface area contributed by atoms with Crippen LogP contribution in [0.15, 0.2) is 224 Å². The lowest BCUT2D eigenvalue weighted by Crippen LogP contribution is -2.11. The molecule has 0 aliphatic rings. The fourth-order valence-electron chi connectivity index (χ4n) is 9.34. The minimum atomic E-state index is 1.11. The Morgan fingerprint density at radius 2 is 0.867 bits per heavy atom. The summed E-state index contributed by atoms with van der Waals surface area (Å²) in [6.45, 7) is 0. The van der Waals surface area contributed by atoms with Crippen molar-refractivity contribution >= 4 is 91.7 Å². The second-order valence-electron chi connectivity index (χ2n) is 15.6. The van der Waals surface area contributed by atoms with Crippen LogP contribution in [0.4, 0.5) is 17.1 Å². The summed E-state index contributed by atoms with van der Waals surface area (Å²) < 4.78 is 2.60. The smallest absolute Gasteiger partial charge is 0.0555 e. The van der Waals surface area contributed by atoms with Gasteiger partial charge in [-0.05, 0) is 114 Å². The van der Waals surface area contributed by atoms with Gasteiger partial charge in [-0.1, -0.05) is 182 Å². The lowest BCUT2D eigenvalue weighted by atomic mass is 9.91. The quantitative estimate of drug-likeness (QED) is 0.152. The molecule has 0 radical (unpaired) electrons. The Bertz CT molecular complexity index is 3580. The van der Waals surface area contributed by atoms with E-state index in [9.17, 15) is 0 Å². The largest absolute Gasteiger partial charge is 0.309 e. The van der Waals surface area contributed by atoms with Crippen molar-refractivity contribution < 1.29 is 0 Å². The molecule has 12 rings (SSSR count). The monoisotopic (exact) mass is 779 g/mol. The molecule has 0 saturated carbocycles. The third-order valence-corrected chi connectivity index (χ3v) is 13.4. The van der Waals surface area contributed by atoms with Crippen LogP contribution in [0, 0.1) is 0 Å². The zero-order valence-electron chi connectivity index (χ0n) is 32.7. The Morgan fingerprint density at radius 3 is 1.60 bits per heavy atom. The normalized spacial score (nSPS) is 11.7. The van der Waals surface area contributed by atoms with Crippen LogP contribution in [-0.4, -0.2) is 0 Å². The van der Waals surface area contributed by atoms with E-state index in [1.54, 1.807) is 0 Å². The van der Waals surface area contributed by atoms with E-state index in [4.69, 9.17) is 0 Å². The maximum absolute atomic E-state index is 2.51. The fraction of sp³-hybridized carbons (Fsp3) is 0. The molecule has 0 aliphatic carbocycles. The van der Waals surface area contributed by atoms with E-state index < -0.39 is 0 Å². The molecule has 12 aromatic rings. The van der Waals surface area contributed by atoms with Crippen molar-refractivity contribution in [3.05, 3.63) is 224 Å². The lowest BCUT2D eigenvalue weighted by molar-refractivity contribution is 1.32. The maximum atomic E-state index is 2.51. The molecule has 11 aromatic carbocycles. The Morgan fingerprint density at radius 1 is 0.300 bits per heavy atom. The molecule has 2 heteroatoms. The molecule has 0 spiro atoms. The van der Waals surface area contributed by atoms with Gasteiger partial charge in [0.25, 0.3) is 0 Å². The van der Waals surface area contributed by atoms with Crippen molar-refractivity contribution in [2.75, 3.05) is 4.90 Å². The van der Waals surface area contributed by atoms with Gasteiger partial charge in [0.1, 0.15) is 0 Å². The van der Waals surface area contributed by atoms with Gasteiger partial charge in [-0.25, -0.2) is 0 Å². The van der Waals surface area contributed by atoms with Gasteiger partial charge >= 0.3 is 0 Å². The van der Waals surface area contributed by atoms with Gasteiger partial charge in [0.05, 0.1) is 11.4 Å². The van der Waals surface area contributed by atoms with Gasteiger partial charge in [0.15, 0.2) is 0 Å². The molecular formula is C58H37NS. The molecule has 1 aromatic heterocycles. The molecule has 0 atom stereocenters. The van der Waals surface area contributed by atoms with Crippen molar-refractivity contribution in [3.63, 3.8) is 0 Å². The van der Waals surface area contributed by atoms with Crippen LogP contribution in [0.1, 0.15) is 0 Å². The van der Waals surface area contributed by atoms with Crippen LogP contribution in [-0.2, 0) is 0 Å². The van der Waals surface area contributed by atoms with Gasteiger partial charge in [0, 0.05) is 31.2 Å². The summed E-state index contributed by atoms with van der Waals surface area (Å²) in [6.07, 6.45) is 0. The molecule has 0 amide bonds. The van der Waals surface area contributed by atoms with E-state index in [2.05, 4.69) is 229 Å². The molecule has 0 unspecified atom stereocenters. The average molecular weight is 780 g/mol. The highest BCUT2D eigenvalue weighted by atomic mass is 32.1. The van der Waals surface area contributed by atoms with Gasteiger partial charge in [-0.3, -0.25) is 0 Å². The van der Waals surface area contributed by atoms with Crippen LogP contribution in [0.25, 0.3) is 96.6 Å². The molecule has 0 fully saturated rings. The number of thiophene rings is 1. The Kier molecular flexibility index (Phi) is 8.11. The highest BCUT2D eigenvalue weighted by Gasteiger charge is 2.22.